The molecule has 0 saturated heterocycles. The summed E-state index contributed by atoms with van der Waals surface area (Å²) < 4.78 is 13.1. The van der Waals surface area contributed by atoms with Crippen molar-refractivity contribution in [1.82, 2.24) is 0 Å². The first-order chi connectivity index (χ1) is 7.50. The van der Waals surface area contributed by atoms with Crippen LogP contribution >= 0.6 is 0 Å². The Morgan fingerprint density at radius 1 is 0.706 bits per heavy atom. The van der Waals surface area contributed by atoms with Crippen LogP contribution in [-0.4, -0.2) is 22.3 Å². The van der Waals surface area contributed by atoms with Gasteiger partial charge >= 0.3 is 0 Å². The maximum atomic E-state index is 13.1. The highest BCUT2D eigenvalue weighted by Crippen LogP contribution is 2.28. The second kappa shape index (κ2) is 4.48. The van der Waals surface area contributed by atoms with Crippen molar-refractivity contribution in [3.8, 4) is 0 Å². The first kappa shape index (κ1) is 14.9. The molecular weight excluding hydrogens is 259 g/mol. The van der Waals surface area contributed by atoms with Crippen LogP contribution in [0.4, 0.5) is 4.39 Å². The average molecular weight is 285 g/mol. The summed E-state index contributed by atoms with van der Waals surface area (Å²) in [6.45, 7) is 17.5. The molecule has 0 heterocycles. The van der Waals surface area contributed by atoms with Crippen LogP contribution in [0.15, 0.2) is 24.3 Å². The zero-order chi connectivity index (χ0) is 13.5. The van der Waals surface area contributed by atoms with Gasteiger partial charge in [0.05, 0.1) is 7.11 Å². The fraction of sp³-hybridized carbons (Fsp3) is 0.538. The molecule has 0 radical (unpaired) electrons. The predicted molar refractivity (Wildman–Crippen MR) is 84.3 cm³/mol. The van der Waals surface area contributed by atoms with Gasteiger partial charge in [0.25, 0.3) is 0 Å². The molecule has 0 aliphatic rings. The fourth-order valence-corrected chi connectivity index (χ4v) is 40.8. The van der Waals surface area contributed by atoms with Crippen molar-refractivity contribution < 1.29 is 4.39 Å². The lowest BCUT2D eigenvalue weighted by molar-refractivity contribution is 0.628. The quantitative estimate of drug-likeness (QED) is 0.738. The van der Waals surface area contributed by atoms with Crippen LogP contribution in [0.2, 0.25) is 45.8 Å². The Labute approximate surface area is 108 Å². The molecule has 0 bridgehead atoms. The van der Waals surface area contributed by atoms with Crippen LogP contribution in [0.25, 0.3) is 0 Å². The first-order valence-electron chi connectivity index (χ1n) is 6.26. The van der Waals surface area contributed by atoms with Crippen LogP contribution in [0.5, 0.6) is 0 Å². The van der Waals surface area contributed by atoms with Crippen molar-refractivity contribution in [2.24, 2.45) is 0 Å². The van der Waals surface area contributed by atoms with Crippen LogP contribution in [0.1, 0.15) is 0 Å². The largest absolute Gasteiger partial charge is 0.207 e. The third kappa shape index (κ3) is 2.63. The van der Waals surface area contributed by atoms with Gasteiger partial charge in [0.2, 0.25) is 0 Å². The molecule has 96 valence electrons. The van der Waals surface area contributed by atoms with Crippen LogP contribution in [0, 0.1) is 5.82 Å². The molecule has 1 aromatic carbocycles. The molecule has 0 aliphatic heterocycles. The molecule has 1 rings (SSSR count). The average Bonchev–Trinajstić information content (AvgIpc) is 2.14. The SMILES string of the molecule is C[Si](C)(C)[Si](C)(c1ccc(F)cc1)[Si](C)(C)C. The minimum absolute atomic E-state index is 0.115. The Hall–Kier alpha value is -0.199. The predicted octanol–water partition coefficient (Wildman–Crippen LogP) is 3.94. The van der Waals surface area contributed by atoms with E-state index >= 15 is 0 Å². The van der Waals surface area contributed by atoms with Gasteiger partial charge in [-0.3, -0.25) is 0 Å². The van der Waals surface area contributed by atoms with Crippen molar-refractivity contribution in [3.05, 3.63) is 30.1 Å². The topological polar surface area (TPSA) is 0 Å². The van der Waals surface area contributed by atoms with E-state index in [1.807, 2.05) is 0 Å². The maximum Gasteiger partial charge on any atom is 0.123 e. The molecule has 17 heavy (non-hydrogen) atoms. The summed E-state index contributed by atoms with van der Waals surface area (Å²) in [6, 6.07) is 7.39. The van der Waals surface area contributed by atoms with Crippen molar-refractivity contribution in [2.45, 2.75) is 45.8 Å². The highest BCUT2D eigenvalue weighted by molar-refractivity contribution is 7.72. The molecular formula is C13H25FSi3. The van der Waals surface area contributed by atoms with Gasteiger partial charge in [0.1, 0.15) is 5.82 Å². The van der Waals surface area contributed by atoms with E-state index in [9.17, 15) is 4.39 Å². The molecule has 0 N–H and O–H groups in total. The van der Waals surface area contributed by atoms with Crippen LogP contribution < -0.4 is 5.19 Å². The van der Waals surface area contributed by atoms with Crippen molar-refractivity contribution in [3.63, 3.8) is 0 Å². The zero-order valence-corrected chi connectivity index (χ0v) is 15.2. The first-order valence-corrected chi connectivity index (χ1v) is 17.8. The van der Waals surface area contributed by atoms with Gasteiger partial charge < -0.3 is 0 Å². The van der Waals surface area contributed by atoms with Gasteiger partial charge in [0, 0.05) is 15.2 Å². The van der Waals surface area contributed by atoms with Gasteiger partial charge in [-0.15, -0.1) is 0 Å². The Morgan fingerprint density at radius 2 is 1.06 bits per heavy atom. The third-order valence-electron chi connectivity index (χ3n) is 4.42. The smallest absolute Gasteiger partial charge is 0.123 e. The monoisotopic (exact) mass is 284 g/mol. The molecule has 0 amide bonds. The molecule has 0 spiro atoms. The zero-order valence-electron chi connectivity index (χ0n) is 12.2. The maximum absolute atomic E-state index is 13.1. The van der Waals surface area contributed by atoms with Crippen molar-refractivity contribution in [1.29, 1.82) is 0 Å². The molecule has 0 aliphatic carbocycles. The lowest BCUT2D eigenvalue weighted by Gasteiger charge is -2.48. The standard InChI is InChI=1S/C13H25FSi3/c1-15(2,3)17(7,16(4,5)6)13-10-8-12(14)9-11-13/h8-11H,1-7H3. The van der Waals surface area contributed by atoms with E-state index in [-0.39, 0.29) is 5.82 Å². The number of hydrogen-bond donors (Lipinski definition) is 0. The highest BCUT2D eigenvalue weighted by atomic mass is 29.6. The number of rotatable bonds is 3. The Balaban J connectivity index is 3.41. The summed E-state index contributed by atoms with van der Waals surface area (Å²) in [6.07, 6.45) is 0. The van der Waals surface area contributed by atoms with E-state index in [1.165, 1.54) is 5.19 Å². The lowest BCUT2D eigenvalue weighted by Crippen LogP contribution is -2.76. The van der Waals surface area contributed by atoms with E-state index in [0.717, 1.165) is 0 Å². The molecule has 0 unspecified atom stereocenters. The van der Waals surface area contributed by atoms with E-state index < -0.39 is 22.3 Å². The Kier molecular flexibility index (Phi) is 3.91. The number of hydrogen-bond acceptors (Lipinski definition) is 0. The van der Waals surface area contributed by atoms with Crippen LogP contribution in [-0.2, 0) is 0 Å². The van der Waals surface area contributed by atoms with Gasteiger partial charge in [-0.1, -0.05) is 63.1 Å². The third-order valence-corrected chi connectivity index (χ3v) is 45.1. The van der Waals surface area contributed by atoms with Crippen molar-refractivity contribution in [2.75, 3.05) is 0 Å². The molecule has 0 aromatic heterocycles. The highest BCUT2D eigenvalue weighted by Gasteiger charge is 2.51. The van der Waals surface area contributed by atoms with Gasteiger partial charge in [-0.05, 0) is 12.1 Å². The van der Waals surface area contributed by atoms with E-state index in [2.05, 4.69) is 58.0 Å². The van der Waals surface area contributed by atoms with Crippen molar-refractivity contribution >= 4 is 27.5 Å². The Bertz CT molecular complexity index is 371. The van der Waals surface area contributed by atoms with E-state index in [4.69, 9.17) is 0 Å². The van der Waals surface area contributed by atoms with Gasteiger partial charge in [-0.2, -0.15) is 0 Å². The van der Waals surface area contributed by atoms with Crippen LogP contribution in [0.3, 0.4) is 0 Å². The lowest BCUT2D eigenvalue weighted by atomic mass is 10.3. The molecule has 0 saturated carbocycles. The second-order valence-corrected chi connectivity index (χ2v) is 35.5. The fourth-order valence-electron chi connectivity index (χ4n) is 2.77. The minimum atomic E-state index is -1.44. The Morgan fingerprint density at radius 3 is 1.35 bits per heavy atom. The normalized spacial score (nSPS) is 13.9. The van der Waals surface area contributed by atoms with E-state index in [1.54, 1.807) is 12.1 Å². The van der Waals surface area contributed by atoms with Gasteiger partial charge in [-0.25, -0.2) is 4.39 Å². The molecule has 4 heteroatoms. The number of benzene rings is 1. The summed E-state index contributed by atoms with van der Waals surface area (Å²) in [7, 11) is -3.89. The molecule has 0 fully saturated rings. The summed E-state index contributed by atoms with van der Waals surface area (Å²) >= 11 is 0. The summed E-state index contributed by atoms with van der Waals surface area (Å²) in [5, 5.41) is 1.47. The second-order valence-electron chi connectivity index (χ2n) is 7.13. The molecule has 0 nitrogen and oxygen atoms in total. The summed E-state index contributed by atoms with van der Waals surface area (Å²) in [5.41, 5.74) is 0. The molecule has 0 atom stereocenters. The van der Waals surface area contributed by atoms with Gasteiger partial charge in [0.15, 0.2) is 0 Å². The molecule has 1 aromatic rings. The minimum Gasteiger partial charge on any atom is -0.207 e. The summed E-state index contributed by atoms with van der Waals surface area (Å²) in [4.78, 5) is 0. The number of halogens is 1. The summed E-state index contributed by atoms with van der Waals surface area (Å²) in [5.74, 6) is -0.115. The van der Waals surface area contributed by atoms with E-state index in [0.29, 0.717) is 0 Å².